The fourth-order valence-corrected chi connectivity index (χ4v) is 5.15. The molecule has 0 bridgehead atoms. The molecule has 0 spiro atoms. The zero-order valence-corrected chi connectivity index (χ0v) is 18.1. The Labute approximate surface area is 174 Å². The third kappa shape index (κ3) is 3.93. The number of hydrogen-bond donors (Lipinski definition) is 1. The molecule has 1 aliphatic rings. The van der Waals surface area contributed by atoms with Crippen molar-refractivity contribution in [1.29, 1.82) is 0 Å². The van der Waals surface area contributed by atoms with Crippen LogP contribution in [0.15, 0.2) is 34.9 Å². The molecule has 1 aromatic carbocycles. The van der Waals surface area contributed by atoms with Crippen molar-refractivity contribution >= 4 is 38.7 Å². The zero-order valence-electron chi connectivity index (χ0n) is 16.5. The lowest BCUT2D eigenvalue weighted by molar-refractivity contribution is 0.215. The number of fused-ring (bicyclic) bond motifs is 3. The lowest BCUT2D eigenvalue weighted by Gasteiger charge is -2.18. The van der Waals surface area contributed by atoms with Crippen molar-refractivity contribution in [3.63, 3.8) is 0 Å². The van der Waals surface area contributed by atoms with E-state index in [1.165, 1.54) is 31.1 Å². The summed E-state index contributed by atoms with van der Waals surface area (Å²) in [5.74, 6) is 0. The summed E-state index contributed by atoms with van der Waals surface area (Å²) in [6, 6.07) is 6.00. The molecule has 0 saturated heterocycles. The molecule has 8 nitrogen and oxygen atoms in total. The van der Waals surface area contributed by atoms with E-state index in [0.29, 0.717) is 19.4 Å². The highest BCUT2D eigenvalue weighted by molar-refractivity contribution is 7.87. The molecule has 0 unspecified atom stereocenters. The Bertz CT molecular complexity index is 1150. The van der Waals surface area contributed by atoms with Gasteiger partial charge in [0.15, 0.2) is 0 Å². The predicted octanol–water partition coefficient (Wildman–Crippen LogP) is 1.99. The topological polar surface area (TPSA) is 88.8 Å². The molecule has 0 radical (unpaired) electrons. The number of oxime groups is 1. The molecule has 10 heteroatoms. The quantitative estimate of drug-likeness (QED) is 0.456. The molecule has 2 aromatic heterocycles. The number of benzene rings is 1. The Hall–Kier alpha value is -2.27. The molecular weight excluding hydrogens is 410 g/mol. The molecule has 2 heterocycles. The van der Waals surface area contributed by atoms with Crippen molar-refractivity contribution in [2.45, 2.75) is 25.4 Å². The average Bonchev–Trinajstić information content (AvgIpc) is 3.38. The summed E-state index contributed by atoms with van der Waals surface area (Å²) in [5.41, 5.74) is 4.39. The Balaban J connectivity index is 1.75. The Kier molecular flexibility index (Phi) is 5.43. The summed E-state index contributed by atoms with van der Waals surface area (Å²) in [7, 11) is 1.09. The molecule has 4 rings (SSSR count). The van der Waals surface area contributed by atoms with E-state index in [1.54, 1.807) is 23.7 Å². The average molecular weight is 434 g/mol. The maximum atomic E-state index is 12.3. The van der Waals surface area contributed by atoms with Crippen molar-refractivity contribution in [3.8, 4) is 0 Å². The number of rotatable bonds is 7. The second-order valence-corrected chi connectivity index (χ2v) is 10.0. The maximum Gasteiger partial charge on any atom is 0.279 e. The zero-order chi connectivity index (χ0) is 20.6. The van der Waals surface area contributed by atoms with E-state index in [1.807, 2.05) is 11.4 Å². The third-order valence-electron chi connectivity index (χ3n) is 5.08. The lowest BCUT2D eigenvalue weighted by Crippen LogP contribution is -2.42. The van der Waals surface area contributed by atoms with Gasteiger partial charge in [-0.3, -0.25) is 0 Å². The first-order valence-electron chi connectivity index (χ1n) is 9.17. The van der Waals surface area contributed by atoms with Crippen LogP contribution >= 0.6 is 11.3 Å². The van der Waals surface area contributed by atoms with Gasteiger partial charge < -0.3 is 9.40 Å². The molecule has 3 aromatic rings. The van der Waals surface area contributed by atoms with Crippen LogP contribution in [0.25, 0.3) is 10.9 Å². The first kappa shape index (κ1) is 20.0. The number of nitrogens with one attached hydrogen (secondary N) is 1. The van der Waals surface area contributed by atoms with E-state index in [-0.39, 0.29) is 6.04 Å². The monoisotopic (exact) mass is 433 g/mol. The first-order valence-corrected chi connectivity index (χ1v) is 11.5. The fraction of sp³-hybridized carbons (Fsp3) is 0.368. The van der Waals surface area contributed by atoms with Crippen LogP contribution in [0.2, 0.25) is 0 Å². The SMILES string of the molecule is CON=Cc1ccc2c(c1)c1c(n2Cc2nccs2)C[C@H](NS(=O)(=O)N(C)C)C1. The third-order valence-corrected chi connectivity index (χ3v) is 7.44. The van der Waals surface area contributed by atoms with E-state index in [2.05, 4.69) is 31.6 Å². The van der Waals surface area contributed by atoms with Gasteiger partial charge in [0.2, 0.25) is 0 Å². The minimum Gasteiger partial charge on any atom is -0.399 e. The molecule has 1 N–H and O–H groups in total. The molecule has 1 atom stereocenters. The molecular formula is C19H23N5O3S2. The summed E-state index contributed by atoms with van der Waals surface area (Å²) < 4.78 is 30.9. The van der Waals surface area contributed by atoms with Crippen LogP contribution in [0.4, 0.5) is 0 Å². The normalized spacial score (nSPS) is 16.9. The smallest absolute Gasteiger partial charge is 0.279 e. The molecule has 0 saturated carbocycles. The molecule has 0 fully saturated rings. The van der Waals surface area contributed by atoms with Crippen molar-refractivity contribution in [3.05, 3.63) is 51.6 Å². The molecule has 0 aliphatic heterocycles. The van der Waals surface area contributed by atoms with Crippen molar-refractivity contribution in [2.75, 3.05) is 21.2 Å². The van der Waals surface area contributed by atoms with Gasteiger partial charge in [-0.25, -0.2) is 4.98 Å². The maximum absolute atomic E-state index is 12.3. The highest BCUT2D eigenvalue weighted by Gasteiger charge is 2.31. The van der Waals surface area contributed by atoms with Gasteiger partial charge in [0.25, 0.3) is 10.2 Å². The second-order valence-electron chi connectivity index (χ2n) is 7.14. The van der Waals surface area contributed by atoms with E-state index in [0.717, 1.165) is 27.2 Å². The number of hydrogen-bond acceptors (Lipinski definition) is 6. The van der Waals surface area contributed by atoms with Crippen LogP contribution in [0.1, 0.15) is 21.8 Å². The first-order chi connectivity index (χ1) is 13.9. The lowest BCUT2D eigenvalue weighted by atomic mass is 10.1. The van der Waals surface area contributed by atoms with Gasteiger partial charge >= 0.3 is 0 Å². The van der Waals surface area contributed by atoms with E-state index < -0.39 is 10.2 Å². The molecule has 29 heavy (non-hydrogen) atoms. The van der Waals surface area contributed by atoms with Crippen LogP contribution in [0, 0.1) is 0 Å². The molecule has 0 amide bonds. The van der Waals surface area contributed by atoms with Gasteiger partial charge in [0.1, 0.15) is 12.1 Å². The Morgan fingerprint density at radius 3 is 2.93 bits per heavy atom. The standard InChI is InChI=1S/C19H23N5O3S2/c1-23(2)29(25,26)22-14-9-16-15-8-13(11-21-27-3)4-5-17(15)24(18(16)10-14)12-19-20-6-7-28-19/h4-8,11,14,22H,9-10,12H2,1-3H3/t14-/m1/s1. The summed E-state index contributed by atoms with van der Waals surface area (Å²) >= 11 is 1.62. The Morgan fingerprint density at radius 1 is 1.41 bits per heavy atom. The van der Waals surface area contributed by atoms with Crippen LogP contribution in [0.3, 0.4) is 0 Å². The second kappa shape index (κ2) is 7.86. The van der Waals surface area contributed by atoms with Crippen molar-refractivity contribution < 1.29 is 13.3 Å². The predicted molar refractivity (Wildman–Crippen MR) is 115 cm³/mol. The highest BCUT2D eigenvalue weighted by Crippen LogP contribution is 2.35. The van der Waals surface area contributed by atoms with E-state index in [4.69, 9.17) is 4.84 Å². The number of nitrogens with zero attached hydrogens (tertiary/aromatic N) is 4. The minimum atomic E-state index is -3.49. The summed E-state index contributed by atoms with van der Waals surface area (Å²) in [6.07, 6.45) is 4.77. The van der Waals surface area contributed by atoms with Gasteiger partial charge in [0, 0.05) is 54.7 Å². The molecule has 1 aliphatic carbocycles. The van der Waals surface area contributed by atoms with Gasteiger partial charge in [-0.05, 0) is 29.7 Å². The summed E-state index contributed by atoms with van der Waals surface area (Å²) in [6.45, 7) is 0.669. The number of aromatic nitrogens is 2. The fourth-order valence-electron chi connectivity index (χ4n) is 3.75. The van der Waals surface area contributed by atoms with Crippen LogP contribution in [-0.2, 0) is 34.4 Å². The van der Waals surface area contributed by atoms with E-state index >= 15 is 0 Å². The molecule has 154 valence electrons. The number of thiazole rings is 1. The van der Waals surface area contributed by atoms with Crippen LogP contribution in [-0.4, -0.2) is 55.7 Å². The minimum absolute atomic E-state index is 0.171. The van der Waals surface area contributed by atoms with Crippen LogP contribution < -0.4 is 4.72 Å². The largest absolute Gasteiger partial charge is 0.399 e. The van der Waals surface area contributed by atoms with E-state index in [9.17, 15) is 8.42 Å². The highest BCUT2D eigenvalue weighted by atomic mass is 32.2. The van der Waals surface area contributed by atoms with Gasteiger partial charge in [0.05, 0.1) is 12.8 Å². The Morgan fingerprint density at radius 2 is 2.24 bits per heavy atom. The van der Waals surface area contributed by atoms with Crippen molar-refractivity contribution in [2.24, 2.45) is 5.16 Å². The van der Waals surface area contributed by atoms with Crippen LogP contribution in [0.5, 0.6) is 0 Å². The van der Waals surface area contributed by atoms with Gasteiger partial charge in [-0.2, -0.15) is 17.4 Å². The summed E-state index contributed by atoms with van der Waals surface area (Å²) in [4.78, 5) is 9.22. The summed E-state index contributed by atoms with van der Waals surface area (Å²) in [5, 5.41) is 7.96. The van der Waals surface area contributed by atoms with Gasteiger partial charge in [-0.15, -0.1) is 11.3 Å². The van der Waals surface area contributed by atoms with Gasteiger partial charge in [-0.1, -0.05) is 11.2 Å². The van der Waals surface area contributed by atoms with Crippen molar-refractivity contribution in [1.82, 2.24) is 18.6 Å².